The molecule has 0 unspecified atom stereocenters. The summed E-state index contributed by atoms with van der Waals surface area (Å²) in [5.41, 5.74) is 0. The molecule has 76 valence electrons. The van der Waals surface area contributed by atoms with Crippen molar-refractivity contribution in [2.75, 3.05) is 0 Å². The maximum absolute atomic E-state index is 2.31. The number of hydrogen-bond acceptors (Lipinski definition) is 0. The second-order valence-electron chi connectivity index (χ2n) is 3.47. The summed E-state index contributed by atoms with van der Waals surface area (Å²) in [6.07, 6.45) is 0. The highest BCUT2D eigenvalue weighted by Gasteiger charge is 1.96. The molecule has 0 aliphatic rings. The molecule has 0 nitrogen and oxygen atoms in total. The smallest absolute Gasteiger partial charge is 0.106 e. The fraction of sp³-hybridized carbons (Fsp3) is 0.500. The van der Waals surface area contributed by atoms with E-state index in [1.165, 1.54) is 15.8 Å². The molecule has 0 aliphatic heterocycles. The summed E-state index contributed by atoms with van der Waals surface area (Å²) in [5, 5.41) is 4.37. The molecule has 0 saturated carbocycles. The van der Waals surface area contributed by atoms with Crippen LogP contribution in [0.5, 0.6) is 0 Å². The van der Waals surface area contributed by atoms with Crippen molar-refractivity contribution in [3.8, 4) is 0 Å². The molecule has 0 bridgehead atoms. The third kappa shape index (κ3) is 7.38. The monoisotopic (exact) mass is 220 g/mol. The lowest BCUT2D eigenvalue weighted by Gasteiger charge is -1.99. The van der Waals surface area contributed by atoms with Gasteiger partial charge >= 0.3 is 0 Å². The SMILES string of the molecule is C[CH2][Al][CH2]C.C[Si](C)c1ccccc1. The Hall–Kier alpha value is -0.0306. The van der Waals surface area contributed by atoms with Gasteiger partial charge in [0.2, 0.25) is 0 Å². The van der Waals surface area contributed by atoms with Gasteiger partial charge in [-0.15, -0.1) is 10.6 Å². The molecule has 0 atom stereocenters. The van der Waals surface area contributed by atoms with E-state index in [4.69, 9.17) is 0 Å². The van der Waals surface area contributed by atoms with Crippen LogP contribution in [-0.2, 0) is 0 Å². The topological polar surface area (TPSA) is 0 Å². The van der Waals surface area contributed by atoms with E-state index in [2.05, 4.69) is 57.3 Å². The highest BCUT2D eigenvalue weighted by molar-refractivity contribution is 6.70. The van der Waals surface area contributed by atoms with E-state index >= 15 is 0 Å². The summed E-state index contributed by atoms with van der Waals surface area (Å²) >= 11 is 0.815. The van der Waals surface area contributed by atoms with Crippen LogP contribution in [0, 0.1) is 0 Å². The van der Waals surface area contributed by atoms with Gasteiger partial charge in [0.15, 0.2) is 15.2 Å². The third-order valence-corrected chi connectivity index (χ3v) is 4.57. The van der Waals surface area contributed by atoms with Crippen molar-refractivity contribution in [3.05, 3.63) is 30.3 Å². The van der Waals surface area contributed by atoms with Crippen molar-refractivity contribution in [1.82, 2.24) is 0 Å². The largest absolute Gasteiger partial charge is 0.198 e. The molecule has 14 heavy (non-hydrogen) atoms. The Labute approximate surface area is 97.1 Å². The first-order valence-electron chi connectivity index (χ1n) is 5.39. The van der Waals surface area contributed by atoms with Gasteiger partial charge in [0.25, 0.3) is 0 Å². The van der Waals surface area contributed by atoms with E-state index in [-0.39, 0.29) is 8.80 Å². The number of hydrogen-bond donors (Lipinski definition) is 0. The van der Waals surface area contributed by atoms with Gasteiger partial charge in [-0.3, -0.25) is 0 Å². The molecule has 0 aliphatic carbocycles. The maximum Gasteiger partial charge on any atom is 0.198 e. The third-order valence-electron chi connectivity index (χ3n) is 1.93. The summed E-state index contributed by atoms with van der Waals surface area (Å²) in [6.45, 7) is 9.11. The molecule has 1 rings (SSSR count). The van der Waals surface area contributed by atoms with E-state index in [0.717, 1.165) is 15.2 Å². The van der Waals surface area contributed by atoms with Crippen LogP contribution < -0.4 is 5.19 Å². The molecule has 1 aromatic carbocycles. The van der Waals surface area contributed by atoms with E-state index < -0.39 is 0 Å². The molecule has 0 saturated heterocycles. The Morgan fingerprint density at radius 1 is 1.00 bits per heavy atom. The van der Waals surface area contributed by atoms with Gasteiger partial charge in [-0.2, -0.15) is 0 Å². The quantitative estimate of drug-likeness (QED) is 0.686. The second-order valence-corrected chi connectivity index (χ2v) is 8.26. The molecule has 0 amide bonds. The van der Waals surface area contributed by atoms with Crippen LogP contribution >= 0.6 is 0 Å². The Bertz CT molecular complexity index is 207. The molecule has 1 aromatic rings. The average Bonchev–Trinajstić information content (AvgIpc) is 2.21. The Kier molecular flexibility index (Phi) is 9.50. The minimum atomic E-state index is -0.212. The molecule has 0 spiro atoms. The average molecular weight is 220 g/mol. The zero-order chi connectivity index (χ0) is 10.8. The summed E-state index contributed by atoms with van der Waals surface area (Å²) in [6, 6.07) is 10.7. The predicted molar refractivity (Wildman–Crippen MR) is 70.3 cm³/mol. The fourth-order valence-electron chi connectivity index (χ4n) is 1.06. The normalized spacial score (nSPS) is 9.21. The van der Waals surface area contributed by atoms with Crippen molar-refractivity contribution in [1.29, 1.82) is 0 Å². The predicted octanol–water partition coefficient (Wildman–Crippen LogP) is 3.22. The lowest BCUT2D eigenvalue weighted by Crippen LogP contribution is -2.21. The Balaban J connectivity index is 0.000000292. The standard InChI is InChI=1S/C8H11Si.2C2H5.Al/c1-9(2)8-6-4-3-5-7-8;2*1-2;/h3-7H,1-2H3;2*1H2,2H3;. The number of rotatable bonds is 3. The van der Waals surface area contributed by atoms with Gasteiger partial charge in [0, 0.05) is 0 Å². The molecule has 0 heterocycles. The fourth-order valence-corrected chi connectivity index (χ4v) is 2.50. The minimum Gasteiger partial charge on any atom is -0.106 e. The summed E-state index contributed by atoms with van der Waals surface area (Å²) in [7, 11) is -0.212. The molecular weight excluding hydrogens is 199 g/mol. The van der Waals surface area contributed by atoms with Crippen LogP contribution in [-0.4, -0.2) is 24.0 Å². The van der Waals surface area contributed by atoms with Crippen LogP contribution in [0.3, 0.4) is 0 Å². The second kappa shape index (κ2) is 9.52. The first kappa shape index (κ1) is 14.0. The van der Waals surface area contributed by atoms with Crippen LogP contribution in [0.25, 0.3) is 0 Å². The van der Waals surface area contributed by atoms with Crippen molar-refractivity contribution in [2.45, 2.75) is 37.5 Å². The Morgan fingerprint density at radius 3 is 1.71 bits per heavy atom. The highest BCUT2D eigenvalue weighted by atomic mass is 28.3. The van der Waals surface area contributed by atoms with Crippen LogP contribution in [0.4, 0.5) is 0 Å². The van der Waals surface area contributed by atoms with Crippen LogP contribution in [0.1, 0.15) is 13.8 Å². The molecule has 0 N–H and O–H groups in total. The minimum absolute atomic E-state index is 0.212. The summed E-state index contributed by atoms with van der Waals surface area (Å²) in [4.78, 5) is 0. The van der Waals surface area contributed by atoms with Gasteiger partial charge in [0.1, 0.15) is 0 Å². The van der Waals surface area contributed by atoms with Crippen molar-refractivity contribution in [2.24, 2.45) is 0 Å². The van der Waals surface area contributed by atoms with Crippen LogP contribution in [0.15, 0.2) is 30.3 Å². The van der Waals surface area contributed by atoms with Crippen molar-refractivity contribution in [3.63, 3.8) is 0 Å². The molecule has 2 radical (unpaired) electrons. The van der Waals surface area contributed by atoms with E-state index in [1.807, 2.05) is 0 Å². The maximum atomic E-state index is 2.31. The zero-order valence-electron chi connectivity index (χ0n) is 9.88. The van der Waals surface area contributed by atoms with E-state index in [9.17, 15) is 0 Å². The van der Waals surface area contributed by atoms with Crippen molar-refractivity contribution < 1.29 is 0 Å². The lowest BCUT2D eigenvalue weighted by atomic mass is 10.4. The van der Waals surface area contributed by atoms with E-state index in [0.29, 0.717) is 0 Å². The van der Waals surface area contributed by atoms with Gasteiger partial charge in [-0.25, -0.2) is 0 Å². The first-order chi connectivity index (χ1) is 6.72. The molecule has 2 heteroatoms. The molecule has 0 fully saturated rings. The first-order valence-corrected chi connectivity index (χ1v) is 9.52. The lowest BCUT2D eigenvalue weighted by molar-refractivity contribution is 1.36. The van der Waals surface area contributed by atoms with Gasteiger partial charge in [-0.05, 0) is 0 Å². The molecule has 0 aromatic heterocycles. The van der Waals surface area contributed by atoms with Gasteiger partial charge < -0.3 is 0 Å². The summed E-state index contributed by atoms with van der Waals surface area (Å²) < 4.78 is 0. The van der Waals surface area contributed by atoms with Gasteiger partial charge in [0.05, 0.1) is 8.80 Å². The summed E-state index contributed by atoms with van der Waals surface area (Å²) in [5.74, 6) is 0. The molecular formula is C12H21AlSi. The zero-order valence-corrected chi connectivity index (χ0v) is 12.0. The van der Waals surface area contributed by atoms with Crippen LogP contribution in [0.2, 0.25) is 23.7 Å². The van der Waals surface area contributed by atoms with E-state index in [1.54, 1.807) is 0 Å². The highest BCUT2D eigenvalue weighted by Crippen LogP contribution is 1.86. The van der Waals surface area contributed by atoms with Gasteiger partial charge in [-0.1, -0.05) is 62.5 Å². The van der Waals surface area contributed by atoms with Crippen molar-refractivity contribution >= 4 is 29.2 Å². The number of benzene rings is 1. The Morgan fingerprint density at radius 2 is 1.50 bits per heavy atom.